The fraction of sp³-hybridized carbons (Fsp3) is 0.438. The number of H-pyrrole nitrogens is 1. The number of carbonyl (C=O) groups excluding carboxylic acids is 1. The van der Waals surface area contributed by atoms with Crippen LogP contribution < -0.4 is 5.32 Å². The molecule has 3 rings (SSSR count). The van der Waals surface area contributed by atoms with E-state index in [1.54, 1.807) is 0 Å². The molecule has 0 aliphatic heterocycles. The standard InChI is InChI=1S/C16H20N2O/c1-16(2)9-5-8-14(16)18-15(19)12-10-17-13-7-4-3-6-11(12)13/h3-4,6-7,10,14,17H,5,8-9H2,1-2H3,(H,18,19). The fourth-order valence-electron chi connectivity index (χ4n) is 3.09. The van der Waals surface area contributed by atoms with Crippen molar-refractivity contribution in [3.8, 4) is 0 Å². The van der Waals surface area contributed by atoms with Crippen LogP contribution in [0.15, 0.2) is 30.5 Å². The number of para-hydroxylation sites is 1. The number of benzene rings is 1. The zero-order valence-electron chi connectivity index (χ0n) is 11.5. The number of hydrogen-bond donors (Lipinski definition) is 2. The largest absolute Gasteiger partial charge is 0.360 e. The zero-order valence-corrected chi connectivity index (χ0v) is 11.5. The van der Waals surface area contributed by atoms with Crippen molar-refractivity contribution < 1.29 is 4.79 Å². The Balaban J connectivity index is 1.85. The van der Waals surface area contributed by atoms with E-state index in [0.29, 0.717) is 0 Å². The summed E-state index contributed by atoms with van der Waals surface area (Å²) in [5, 5.41) is 4.20. The zero-order chi connectivity index (χ0) is 13.5. The highest BCUT2D eigenvalue weighted by atomic mass is 16.1. The lowest BCUT2D eigenvalue weighted by Crippen LogP contribution is -2.41. The Bertz CT molecular complexity index is 612. The maximum Gasteiger partial charge on any atom is 0.253 e. The number of nitrogens with one attached hydrogen (secondary N) is 2. The first-order valence-corrected chi connectivity index (χ1v) is 6.95. The molecule has 1 heterocycles. The molecule has 100 valence electrons. The van der Waals surface area contributed by atoms with E-state index >= 15 is 0 Å². The molecule has 0 spiro atoms. The van der Waals surface area contributed by atoms with Gasteiger partial charge in [0.2, 0.25) is 0 Å². The van der Waals surface area contributed by atoms with Gasteiger partial charge in [-0.15, -0.1) is 0 Å². The lowest BCUT2D eigenvalue weighted by molar-refractivity contribution is 0.0912. The summed E-state index contributed by atoms with van der Waals surface area (Å²) in [7, 11) is 0. The number of carbonyl (C=O) groups is 1. The topological polar surface area (TPSA) is 44.9 Å². The number of aromatic amines is 1. The van der Waals surface area contributed by atoms with Gasteiger partial charge in [0.05, 0.1) is 5.56 Å². The minimum absolute atomic E-state index is 0.0393. The average Bonchev–Trinajstić information content (AvgIpc) is 2.93. The molecule has 1 amide bonds. The third-order valence-corrected chi connectivity index (χ3v) is 4.40. The molecular weight excluding hydrogens is 236 g/mol. The van der Waals surface area contributed by atoms with E-state index in [1.807, 2.05) is 30.5 Å². The fourth-order valence-corrected chi connectivity index (χ4v) is 3.09. The highest BCUT2D eigenvalue weighted by Crippen LogP contribution is 2.37. The van der Waals surface area contributed by atoms with Gasteiger partial charge in [0.15, 0.2) is 0 Å². The van der Waals surface area contributed by atoms with Crippen LogP contribution in [0.4, 0.5) is 0 Å². The van der Waals surface area contributed by atoms with Crippen molar-refractivity contribution in [2.75, 3.05) is 0 Å². The molecule has 3 heteroatoms. The van der Waals surface area contributed by atoms with Crippen LogP contribution in [0.3, 0.4) is 0 Å². The Labute approximate surface area is 113 Å². The van der Waals surface area contributed by atoms with Gasteiger partial charge in [0, 0.05) is 23.1 Å². The molecule has 0 saturated heterocycles. The quantitative estimate of drug-likeness (QED) is 0.849. The lowest BCUT2D eigenvalue weighted by atomic mass is 9.87. The second-order valence-electron chi connectivity index (χ2n) is 6.15. The third kappa shape index (κ3) is 2.14. The highest BCUT2D eigenvalue weighted by Gasteiger charge is 2.35. The normalized spacial score (nSPS) is 21.7. The molecule has 1 aromatic carbocycles. The van der Waals surface area contributed by atoms with Crippen LogP contribution in [-0.4, -0.2) is 16.9 Å². The molecule has 2 aromatic rings. The summed E-state index contributed by atoms with van der Waals surface area (Å²) >= 11 is 0. The molecule has 0 bridgehead atoms. The predicted molar refractivity (Wildman–Crippen MR) is 77.2 cm³/mol. The predicted octanol–water partition coefficient (Wildman–Crippen LogP) is 3.48. The van der Waals surface area contributed by atoms with E-state index < -0.39 is 0 Å². The minimum Gasteiger partial charge on any atom is -0.360 e. The van der Waals surface area contributed by atoms with E-state index in [0.717, 1.165) is 22.9 Å². The van der Waals surface area contributed by atoms with Crippen molar-refractivity contribution in [2.24, 2.45) is 5.41 Å². The summed E-state index contributed by atoms with van der Waals surface area (Å²) in [5.74, 6) is 0.0393. The van der Waals surface area contributed by atoms with Gasteiger partial charge in [-0.3, -0.25) is 4.79 Å². The molecule has 0 radical (unpaired) electrons. The number of hydrogen-bond acceptors (Lipinski definition) is 1. The third-order valence-electron chi connectivity index (χ3n) is 4.40. The van der Waals surface area contributed by atoms with Crippen LogP contribution in [0.2, 0.25) is 0 Å². The summed E-state index contributed by atoms with van der Waals surface area (Å²) < 4.78 is 0. The van der Waals surface area contributed by atoms with Crippen LogP contribution >= 0.6 is 0 Å². The Morgan fingerprint density at radius 2 is 2.16 bits per heavy atom. The lowest BCUT2D eigenvalue weighted by Gasteiger charge is -2.27. The van der Waals surface area contributed by atoms with Crippen LogP contribution in [-0.2, 0) is 0 Å². The summed E-state index contributed by atoms with van der Waals surface area (Å²) in [5.41, 5.74) is 1.97. The van der Waals surface area contributed by atoms with Crippen LogP contribution in [0.1, 0.15) is 43.5 Å². The van der Waals surface area contributed by atoms with Crippen molar-refractivity contribution in [1.29, 1.82) is 0 Å². The van der Waals surface area contributed by atoms with E-state index in [2.05, 4.69) is 24.1 Å². The number of amides is 1. The molecule has 1 fully saturated rings. The maximum absolute atomic E-state index is 12.4. The van der Waals surface area contributed by atoms with Crippen molar-refractivity contribution in [3.05, 3.63) is 36.0 Å². The number of rotatable bonds is 2. The first kappa shape index (κ1) is 12.3. The molecule has 2 N–H and O–H groups in total. The Kier molecular flexibility index (Phi) is 2.85. The molecule has 1 aromatic heterocycles. The molecule has 19 heavy (non-hydrogen) atoms. The molecule has 3 nitrogen and oxygen atoms in total. The second-order valence-corrected chi connectivity index (χ2v) is 6.15. The minimum atomic E-state index is 0.0393. The van der Waals surface area contributed by atoms with Gasteiger partial charge in [0.1, 0.15) is 0 Å². The summed E-state index contributed by atoms with van der Waals surface area (Å²) in [6.45, 7) is 4.47. The van der Waals surface area contributed by atoms with E-state index in [4.69, 9.17) is 0 Å². The average molecular weight is 256 g/mol. The van der Waals surface area contributed by atoms with E-state index in [1.165, 1.54) is 12.8 Å². The highest BCUT2D eigenvalue weighted by molar-refractivity contribution is 6.06. The SMILES string of the molecule is CC1(C)CCCC1NC(=O)c1c[nH]c2ccccc12. The van der Waals surface area contributed by atoms with Crippen LogP contribution in [0.5, 0.6) is 0 Å². The van der Waals surface area contributed by atoms with Gasteiger partial charge >= 0.3 is 0 Å². The first-order valence-electron chi connectivity index (χ1n) is 6.95. The molecule has 1 unspecified atom stereocenters. The summed E-state index contributed by atoms with van der Waals surface area (Å²) in [4.78, 5) is 15.6. The Morgan fingerprint density at radius 3 is 2.89 bits per heavy atom. The monoisotopic (exact) mass is 256 g/mol. The molecule has 1 aliphatic carbocycles. The second kappa shape index (κ2) is 4.41. The van der Waals surface area contributed by atoms with Gasteiger partial charge in [0.25, 0.3) is 5.91 Å². The van der Waals surface area contributed by atoms with E-state index in [9.17, 15) is 4.79 Å². The Hall–Kier alpha value is -1.77. The van der Waals surface area contributed by atoms with Crippen LogP contribution in [0.25, 0.3) is 10.9 Å². The Morgan fingerprint density at radius 1 is 1.37 bits per heavy atom. The van der Waals surface area contributed by atoms with Crippen molar-refractivity contribution in [2.45, 2.75) is 39.2 Å². The number of fused-ring (bicyclic) bond motifs is 1. The molecule has 1 saturated carbocycles. The van der Waals surface area contributed by atoms with Gasteiger partial charge in [-0.1, -0.05) is 38.5 Å². The molecule has 1 atom stereocenters. The van der Waals surface area contributed by atoms with Gasteiger partial charge in [-0.05, 0) is 24.3 Å². The molecule has 1 aliphatic rings. The van der Waals surface area contributed by atoms with Crippen molar-refractivity contribution in [1.82, 2.24) is 10.3 Å². The summed E-state index contributed by atoms with van der Waals surface area (Å²) in [6, 6.07) is 8.20. The molecular formula is C16H20N2O. The van der Waals surface area contributed by atoms with Gasteiger partial charge in [-0.2, -0.15) is 0 Å². The maximum atomic E-state index is 12.4. The van der Waals surface area contributed by atoms with Crippen LogP contribution in [0, 0.1) is 5.41 Å². The van der Waals surface area contributed by atoms with Gasteiger partial charge < -0.3 is 10.3 Å². The number of aromatic nitrogens is 1. The van der Waals surface area contributed by atoms with Gasteiger partial charge in [-0.25, -0.2) is 0 Å². The van der Waals surface area contributed by atoms with Crippen molar-refractivity contribution in [3.63, 3.8) is 0 Å². The summed E-state index contributed by atoms with van der Waals surface area (Å²) in [6.07, 6.45) is 5.28. The van der Waals surface area contributed by atoms with E-state index in [-0.39, 0.29) is 17.4 Å². The smallest absolute Gasteiger partial charge is 0.253 e. The first-order chi connectivity index (χ1) is 9.08. The van der Waals surface area contributed by atoms with Crippen molar-refractivity contribution >= 4 is 16.8 Å².